The normalized spacial score (nSPS) is 15.3. The third-order valence-electron chi connectivity index (χ3n) is 1.18. The van der Waals surface area contributed by atoms with Crippen LogP contribution in [-0.4, -0.2) is 30.9 Å². The summed E-state index contributed by atoms with van der Waals surface area (Å²) >= 11 is 0. The van der Waals surface area contributed by atoms with Crippen molar-refractivity contribution in [3.63, 3.8) is 0 Å². The summed E-state index contributed by atoms with van der Waals surface area (Å²) in [6, 6.07) is 0. The van der Waals surface area contributed by atoms with Gasteiger partial charge in [-0.15, -0.1) is 0 Å². The van der Waals surface area contributed by atoms with Crippen LogP contribution >= 0.6 is 0 Å². The highest BCUT2D eigenvalue weighted by molar-refractivity contribution is 5.85. The highest BCUT2D eigenvalue weighted by Crippen LogP contribution is 1.93. The molecule has 0 aliphatic heterocycles. The van der Waals surface area contributed by atoms with Gasteiger partial charge in [-0.05, 0) is 13.8 Å². The number of oxime groups is 1. The molecule has 0 spiro atoms. The Morgan fingerprint density at radius 2 is 2.30 bits per heavy atom. The highest BCUT2D eigenvalue weighted by Gasteiger charge is 2.04. The predicted octanol–water partition coefficient (Wildman–Crippen LogP) is 0.846. The van der Waals surface area contributed by atoms with Crippen molar-refractivity contribution in [2.24, 2.45) is 5.16 Å². The third kappa shape index (κ3) is 3.42. The highest BCUT2D eigenvalue weighted by atomic mass is 16.7. The summed E-state index contributed by atoms with van der Waals surface area (Å²) in [5.41, 5.74) is 0.539. The standard InChI is InChI=1S/C6H13NO3/c1-5(7-8)6(2)10-4-9-3/h6,8H,4H2,1-3H3/t6-/m0/s1. The first-order chi connectivity index (χ1) is 4.72. The average molecular weight is 147 g/mol. The van der Waals surface area contributed by atoms with Crippen molar-refractivity contribution in [3.8, 4) is 0 Å². The molecular weight excluding hydrogens is 134 g/mol. The summed E-state index contributed by atoms with van der Waals surface area (Å²) in [6.45, 7) is 3.68. The number of hydrogen-bond acceptors (Lipinski definition) is 4. The van der Waals surface area contributed by atoms with Gasteiger partial charge in [0.25, 0.3) is 0 Å². The topological polar surface area (TPSA) is 51.0 Å². The Hall–Kier alpha value is -0.610. The summed E-state index contributed by atoms with van der Waals surface area (Å²) in [7, 11) is 1.54. The molecule has 0 heterocycles. The molecule has 0 rings (SSSR count). The van der Waals surface area contributed by atoms with E-state index in [-0.39, 0.29) is 12.9 Å². The Labute approximate surface area is 60.4 Å². The Morgan fingerprint density at radius 1 is 1.70 bits per heavy atom. The number of rotatable bonds is 4. The second-order valence-corrected chi connectivity index (χ2v) is 1.96. The largest absolute Gasteiger partial charge is 0.411 e. The molecule has 0 amide bonds. The molecule has 4 nitrogen and oxygen atoms in total. The molecule has 10 heavy (non-hydrogen) atoms. The van der Waals surface area contributed by atoms with Gasteiger partial charge in [0.1, 0.15) is 6.79 Å². The maximum atomic E-state index is 8.27. The van der Waals surface area contributed by atoms with Gasteiger partial charge >= 0.3 is 0 Å². The molecule has 0 saturated carbocycles. The molecule has 0 aromatic heterocycles. The van der Waals surface area contributed by atoms with Gasteiger partial charge < -0.3 is 14.7 Å². The van der Waals surface area contributed by atoms with Crippen LogP contribution in [0.5, 0.6) is 0 Å². The quantitative estimate of drug-likeness (QED) is 0.277. The van der Waals surface area contributed by atoms with E-state index in [4.69, 9.17) is 9.94 Å². The van der Waals surface area contributed by atoms with E-state index in [9.17, 15) is 0 Å². The molecule has 0 fully saturated rings. The van der Waals surface area contributed by atoms with Gasteiger partial charge in [-0.25, -0.2) is 0 Å². The van der Waals surface area contributed by atoms with Gasteiger partial charge in [-0.1, -0.05) is 5.16 Å². The smallest absolute Gasteiger partial charge is 0.147 e. The van der Waals surface area contributed by atoms with Crippen LogP contribution < -0.4 is 0 Å². The van der Waals surface area contributed by atoms with Gasteiger partial charge in [0.15, 0.2) is 0 Å². The molecule has 1 N–H and O–H groups in total. The monoisotopic (exact) mass is 147 g/mol. The number of methoxy groups -OCH3 is 1. The summed E-state index contributed by atoms with van der Waals surface area (Å²) in [5.74, 6) is 0. The fourth-order valence-electron chi connectivity index (χ4n) is 0.372. The van der Waals surface area contributed by atoms with E-state index in [1.165, 1.54) is 7.11 Å². The molecule has 0 aromatic carbocycles. The third-order valence-corrected chi connectivity index (χ3v) is 1.18. The molecule has 0 radical (unpaired) electrons. The molecular formula is C6H13NO3. The maximum Gasteiger partial charge on any atom is 0.147 e. The first-order valence-electron chi connectivity index (χ1n) is 3.01. The number of ether oxygens (including phenoxy) is 2. The van der Waals surface area contributed by atoms with Crippen molar-refractivity contribution in [2.45, 2.75) is 20.0 Å². The summed E-state index contributed by atoms with van der Waals surface area (Å²) in [6.07, 6.45) is -0.190. The van der Waals surface area contributed by atoms with Gasteiger partial charge in [0.2, 0.25) is 0 Å². The van der Waals surface area contributed by atoms with Crippen molar-refractivity contribution in [1.29, 1.82) is 0 Å². The van der Waals surface area contributed by atoms with Crippen LogP contribution in [0.1, 0.15) is 13.8 Å². The second-order valence-electron chi connectivity index (χ2n) is 1.96. The van der Waals surface area contributed by atoms with Crippen LogP contribution in [0.4, 0.5) is 0 Å². The van der Waals surface area contributed by atoms with E-state index in [0.29, 0.717) is 5.71 Å². The summed E-state index contributed by atoms with van der Waals surface area (Å²) < 4.78 is 9.68. The maximum absolute atomic E-state index is 8.27. The van der Waals surface area contributed by atoms with Crippen molar-refractivity contribution in [3.05, 3.63) is 0 Å². The second kappa shape index (κ2) is 5.20. The van der Waals surface area contributed by atoms with Crippen LogP contribution in [0.3, 0.4) is 0 Å². The van der Waals surface area contributed by atoms with Crippen LogP contribution in [0.15, 0.2) is 5.16 Å². The number of hydrogen-bond donors (Lipinski definition) is 1. The predicted molar refractivity (Wildman–Crippen MR) is 37.3 cm³/mol. The van der Waals surface area contributed by atoms with Crippen LogP contribution in [0.2, 0.25) is 0 Å². The van der Waals surface area contributed by atoms with Gasteiger partial charge in [-0.3, -0.25) is 0 Å². The molecule has 0 bridgehead atoms. The zero-order chi connectivity index (χ0) is 7.98. The summed E-state index contributed by atoms with van der Waals surface area (Å²) in [4.78, 5) is 0. The van der Waals surface area contributed by atoms with Crippen LogP contribution in [0.25, 0.3) is 0 Å². The van der Waals surface area contributed by atoms with Crippen LogP contribution in [0, 0.1) is 0 Å². The fraction of sp³-hybridized carbons (Fsp3) is 0.833. The molecule has 0 aromatic rings. The molecule has 0 saturated heterocycles. The van der Waals surface area contributed by atoms with Gasteiger partial charge in [-0.2, -0.15) is 0 Å². The van der Waals surface area contributed by atoms with Gasteiger partial charge in [0, 0.05) is 7.11 Å². The Bertz CT molecular complexity index is 114. The van der Waals surface area contributed by atoms with Crippen LogP contribution in [-0.2, 0) is 9.47 Å². The fourth-order valence-corrected chi connectivity index (χ4v) is 0.372. The van der Waals surface area contributed by atoms with E-state index < -0.39 is 0 Å². The minimum absolute atomic E-state index is 0.190. The number of nitrogens with zero attached hydrogens (tertiary/aromatic N) is 1. The zero-order valence-electron chi connectivity index (χ0n) is 6.50. The first kappa shape index (κ1) is 9.39. The Morgan fingerprint density at radius 3 is 2.70 bits per heavy atom. The lowest BCUT2D eigenvalue weighted by Gasteiger charge is -2.09. The van der Waals surface area contributed by atoms with E-state index in [1.54, 1.807) is 13.8 Å². The minimum Gasteiger partial charge on any atom is -0.411 e. The molecule has 0 aliphatic carbocycles. The van der Waals surface area contributed by atoms with E-state index in [0.717, 1.165) is 0 Å². The average Bonchev–Trinajstić information content (AvgIpc) is 1.98. The molecule has 0 unspecified atom stereocenters. The molecule has 60 valence electrons. The minimum atomic E-state index is -0.190. The lowest BCUT2D eigenvalue weighted by atomic mass is 10.3. The molecule has 4 heteroatoms. The van der Waals surface area contributed by atoms with E-state index in [2.05, 4.69) is 9.89 Å². The van der Waals surface area contributed by atoms with E-state index in [1.807, 2.05) is 0 Å². The zero-order valence-corrected chi connectivity index (χ0v) is 6.50. The van der Waals surface area contributed by atoms with Crippen molar-refractivity contribution in [2.75, 3.05) is 13.9 Å². The van der Waals surface area contributed by atoms with Gasteiger partial charge in [0.05, 0.1) is 11.8 Å². The lowest BCUT2D eigenvalue weighted by molar-refractivity contribution is -0.0442. The summed E-state index contributed by atoms with van der Waals surface area (Å²) in [5, 5.41) is 11.2. The van der Waals surface area contributed by atoms with E-state index >= 15 is 0 Å². The lowest BCUT2D eigenvalue weighted by Crippen LogP contribution is -2.18. The Balaban J connectivity index is 3.51. The molecule has 1 atom stereocenters. The first-order valence-corrected chi connectivity index (χ1v) is 3.01. The van der Waals surface area contributed by atoms with Crippen molar-refractivity contribution >= 4 is 5.71 Å². The molecule has 0 aliphatic rings. The Kier molecular flexibility index (Phi) is 4.88. The van der Waals surface area contributed by atoms with Crippen molar-refractivity contribution in [1.82, 2.24) is 0 Å². The SMILES string of the molecule is COCO[C@@H](C)C(C)=NO. The van der Waals surface area contributed by atoms with Crippen molar-refractivity contribution < 1.29 is 14.7 Å².